The van der Waals surface area contributed by atoms with Crippen LogP contribution >= 0.6 is 0 Å². The molecule has 1 aliphatic heterocycles. The van der Waals surface area contributed by atoms with Crippen LogP contribution in [0.4, 0.5) is 45.3 Å². The number of carbonyl (C=O) groups excluding carboxylic acids is 1. The Morgan fingerprint density at radius 3 is 2.55 bits per heavy atom. The molecule has 2 amide bonds. The molecule has 0 fully saturated rings. The molecule has 4 N–H and O–H groups in total. The molecule has 7 nitrogen and oxygen atoms in total. The summed E-state index contributed by atoms with van der Waals surface area (Å²) in [6, 6.07) is 8.94. The van der Waals surface area contributed by atoms with Crippen LogP contribution in [0.15, 0.2) is 59.2 Å². The first-order valence-electron chi connectivity index (χ1n) is 8.95. The molecule has 0 spiro atoms. The monoisotopic (exact) mass is 433 g/mol. The van der Waals surface area contributed by atoms with Gasteiger partial charge in [-0.15, -0.1) is 0 Å². The molecule has 160 valence electrons. The van der Waals surface area contributed by atoms with Crippen molar-refractivity contribution < 1.29 is 26.8 Å². The summed E-state index contributed by atoms with van der Waals surface area (Å²) in [5.41, 5.74) is -0.0658. The molecule has 2 aromatic carbocycles. The van der Waals surface area contributed by atoms with Gasteiger partial charge in [-0.1, -0.05) is 0 Å². The number of furan rings is 1. The van der Waals surface area contributed by atoms with Crippen LogP contribution in [0, 0.1) is 11.2 Å². The fraction of sp³-hybridized carbons (Fsp3) is 0.100. The third-order valence-electron chi connectivity index (χ3n) is 4.57. The largest absolute Gasteiger partial charge is 0.448 e. The van der Waals surface area contributed by atoms with E-state index in [1.807, 2.05) is 0 Å². The first-order valence-corrected chi connectivity index (χ1v) is 8.95. The maximum absolute atomic E-state index is 13.8. The molecule has 11 heteroatoms. The highest BCUT2D eigenvalue weighted by Gasteiger charge is 2.31. The van der Waals surface area contributed by atoms with Crippen LogP contribution in [0.3, 0.4) is 0 Å². The van der Waals surface area contributed by atoms with Gasteiger partial charge in [0.25, 0.3) is 0 Å². The Hall–Kier alpha value is -4.02. The van der Waals surface area contributed by atoms with Gasteiger partial charge >= 0.3 is 12.2 Å². The van der Waals surface area contributed by atoms with E-state index in [4.69, 9.17) is 9.83 Å². The SMILES string of the molecule is N=C1c2ccoc2NCN1c1ccc(NC(=O)Nc2cc(C(F)(F)F)ccc2F)cc1. The number of halogens is 4. The van der Waals surface area contributed by atoms with Crippen LogP contribution in [-0.2, 0) is 6.18 Å². The molecule has 3 aromatic rings. The first kappa shape index (κ1) is 20.3. The van der Waals surface area contributed by atoms with Crippen LogP contribution in [-0.4, -0.2) is 18.5 Å². The van der Waals surface area contributed by atoms with E-state index < -0.39 is 29.3 Å². The highest BCUT2D eigenvalue weighted by Crippen LogP contribution is 2.32. The topological polar surface area (TPSA) is 93.4 Å². The molecule has 2 heterocycles. The number of hydrogen-bond acceptors (Lipinski definition) is 4. The maximum Gasteiger partial charge on any atom is 0.416 e. The van der Waals surface area contributed by atoms with Crippen molar-refractivity contribution in [3.8, 4) is 0 Å². The van der Waals surface area contributed by atoms with Gasteiger partial charge in [-0.3, -0.25) is 5.41 Å². The number of alkyl halides is 3. The number of fused-ring (bicyclic) bond motifs is 1. The summed E-state index contributed by atoms with van der Waals surface area (Å²) in [4.78, 5) is 13.8. The number of hydrogen-bond donors (Lipinski definition) is 4. The number of benzene rings is 2. The number of urea groups is 1. The fourth-order valence-electron chi connectivity index (χ4n) is 3.04. The van der Waals surface area contributed by atoms with E-state index >= 15 is 0 Å². The molecule has 0 saturated carbocycles. The zero-order chi connectivity index (χ0) is 22.2. The van der Waals surface area contributed by atoms with Crippen LogP contribution in [0.25, 0.3) is 0 Å². The van der Waals surface area contributed by atoms with Gasteiger partial charge in [0.15, 0.2) is 0 Å². The van der Waals surface area contributed by atoms with Gasteiger partial charge in [-0.05, 0) is 48.5 Å². The molecule has 0 unspecified atom stereocenters. The van der Waals surface area contributed by atoms with Crippen LogP contribution < -0.4 is 20.9 Å². The van der Waals surface area contributed by atoms with Crippen molar-refractivity contribution in [1.82, 2.24) is 0 Å². The Morgan fingerprint density at radius 2 is 1.84 bits per heavy atom. The van der Waals surface area contributed by atoms with Crippen LogP contribution in [0.2, 0.25) is 0 Å². The van der Waals surface area contributed by atoms with Gasteiger partial charge in [-0.25, -0.2) is 9.18 Å². The van der Waals surface area contributed by atoms with Gasteiger partial charge < -0.3 is 25.3 Å². The number of amides is 2. The molecule has 0 radical (unpaired) electrons. The Bertz CT molecular complexity index is 1140. The normalized spacial score (nSPS) is 13.4. The third-order valence-corrected chi connectivity index (χ3v) is 4.57. The van der Waals surface area contributed by atoms with E-state index in [-0.39, 0.29) is 5.84 Å². The van der Waals surface area contributed by atoms with E-state index in [1.54, 1.807) is 35.2 Å². The highest BCUT2D eigenvalue weighted by molar-refractivity contribution is 6.12. The number of carbonyl (C=O) groups is 1. The van der Waals surface area contributed by atoms with E-state index in [2.05, 4.69) is 16.0 Å². The summed E-state index contributed by atoms with van der Waals surface area (Å²) in [6.45, 7) is 0.307. The lowest BCUT2D eigenvalue weighted by molar-refractivity contribution is -0.137. The lowest BCUT2D eigenvalue weighted by atomic mass is 10.2. The molecular weight excluding hydrogens is 418 g/mol. The summed E-state index contributed by atoms with van der Waals surface area (Å²) in [5.74, 6) is -0.243. The van der Waals surface area contributed by atoms with Crippen LogP contribution in [0.5, 0.6) is 0 Å². The molecule has 0 aliphatic carbocycles. The molecule has 1 aromatic heterocycles. The summed E-state index contributed by atoms with van der Waals surface area (Å²) < 4.78 is 57.4. The average Bonchev–Trinajstić information content (AvgIpc) is 3.20. The van der Waals surface area contributed by atoms with Crippen molar-refractivity contribution in [3.05, 3.63) is 71.7 Å². The van der Waals surface area contributed by atoms with E-state index in [9.17, 15) is 22.4 Å². The molecule has 1 aliphatic rings. The Balaban J connectivity index is 1.43. The van der Waals surface area contributed by atoms with E-state index in [0.29, 0.717) is 47.7 Å². The molecule has 0 atom stereocenters. The molecule has 0 bridgehead atoms. The minimum absolute atomic E-state index is 0.237. The van der Waals surface area contributed by atoms with Crippen molar-refractivity contribution in [2.24, 2.45) is 0 Å². The summed E-state index contributed by atoms with van der Waals surface area (Å²) >= 11 is 0. The number of amidine groups is 1. The second kappa shape index (κ2) is 7.67. The highest BCUT2D eigenvalue weighted by atomic mass is 19.4. The van der Waals surface area contributed by atoms with Crippen molar-refractivity contribution in [3.63, 3.8) is 0 Å². The first-order chi connectivity index (χ1) is 14.7. The van der Waals surface area contributed by atoms with Crippen LogP contribution in [0.1, 0.15) is 11.1 Å². The van der Waals surface area contributed by atoms with Gasteiger partial charge in [0.05, 0.1) is 29.7 Å². The van der Waals surface area contributed by atoms with Crippen molar-refractivity contribution in [1.29, 1.82) is 5.41 Å². The average molecular weight is 433 g/mol. The lowest BCUT2D eigenvalue weighted by Crippen LogP contribution is -2.39. The van der Waals surface area contributed by atoms with Gasteiger partial charge in [-0.2, -0.15) is 13.2 Å². The smallest absolute Gasteiger partial charge is 0.416 e. The zero-order valence-corrected chi connectivity index (χ0v) is 15.7. The Morgan fingerprint density at radius 1 is 1.10 bits per heavy atom. The Kier molecular flexibility index (Phi) is 5.01. The number of rotatable bonds is 3. The number of nitrogens with zero attached hydrogens (tertiary/aromatic N) is 1. The summed E-state index contributed by atoms with van der Waals surface area (Å²) in [7, 11) is 0. The minimum Gasteiger partial charge on any atom is -0.448 e. The van der Waals surface area contributed by atoms with Gasteiger partial charge in [0.1, 0.15) is 11.7 Å². The van der Waals surface area contributed by atoms with Crippen molar-refractivity contribution in [2.75, 3.05) is 27.5 Å². The fourth-order valence-corrected chi connectivity index (χ4v) is 3.04. The quantitative estimate of drug-likeness (QED) is 0.422. The molecule has 4 rings (SSSR count). The summed E-state index contributed by atoms with van der Waals surface area (Å²) in [6.07, 6.45) is -3.18. The van der Waals surface area contributed by atoms with Gasteiger partial charge in [0, 0.05) is 11.4 Å². The van der Waals surface area contributed by atoms with E-state index in [1.165, 1.54) is 6.26 Å². The molecule has 31 heavy (non-hydrogen) atoms. The second-order valence-corrected chi connectivity index (χ2v) is 6.59. The second-order valence-electron chi connectivity index (χ2n) is 6.59. The number of anilines is 4. The molecular formula is C20H15F4N5O2. The standard InChI is InChI=1S/C20H15F4N5O2/c21-15-6-1-11(20(22,23)24)9-16(15)28-19(30)27-12-2-4-13(5-3-12)29-10-26-18-14(17(29)25)7-8-31-18/h1-9,25-26H,10H2,(H2,27,28,30). The zero-order valence-electron chi connectivity index (χ0n) is 15.7. The predicted molar refractivity (Wildman–Crippen MR) is 107 cm³/mol. The summed E-state index contributed by atoms with van der Waals surface area (Å²) in [5, 5.41) is 15.8. The molecule has 0 saturated heterocycles. The lowest BCUT2D eigenvalue weighted by Gasteiger charge is -2.29. The van der Waals surface area contributed by atoms with Crippen molar-refractivity contribution in [2.45, 2.75) is 6.18 Å². The third kappa shape index (κ3) is 4.15. The van der Waals surface area contributed by atoms with Crippen molar-refractivity contribution >= 4 is 34.8 Å². The Labute approximate surface area is 173 Å². The predicted octanol–water partition coefficient (Wildman–Crippen LogP) is 5.30. The number of nitrogens with one attached hydrogen (secondary N) is 4. The van der Waals surface area contributed by atoms with E-state index in [0.717, 1.165) is 0 Å². The minimum atomic E-state index is -4.66. The maximum atomic E-state index is 13.8. The van der Waals surface area contributed by atoms with Gasteiger partial charge in [0.2, 0.25) is 5.88 Å².